The van der Waals surface area contributed by atoms with E-state index in [0.717, 1.165) is 24.1 Å². The molecule has 0 saturated carbocycles. The van der Waals surface area contributed by atoms with Crippen LogP contribution in [0.1, 0.15) is 23.2 Å². The number of nitrogen functional groups attached to an aromatic ring is 1. The van der Waals surface area contributed by atoms with Crippen molar-refractivity contribution in [2.75, 3.05) is 12.3 Å². The maximum Gasteiger partial charge on any atom is 0.243 e. The average Bonchev–Trinajstić information content (AvgIpc) is 2.88. The van der Waals surface area contributed by atoms with Crippen LogP contribution in [-0.2, 0) is 11.2 Å². The predicted octanol–water partition coefficient (Wildman–Crippen LogP) is 2.06. The summed E-state index contributed by atoms with van der Waals surface area (Å²) in [5, 5.41) is 9.74. The Bertz CT molecular complexity index is 613. The van der Waals surface area contributed by atoms with Crippen molar-refractivity contribution in [2.45, 2.75) is 19.8 Å². The second-order valence-electron chi connectivity index (χ2n) is 4.91. The summed E-state index contributed by atoms with van der Waals surface area (Å²) < 4.78 is 0. The Labute approximate surface area is 124 Å². The molecule has 4 N–H and O–H groups in total. The van der Waals surface area contributed by atoms with Crippen LogP contribution < -0.4 is 11.1 Å². The third-order valence-corrected chi connectivity index (χ3v) is 3.22. The molecule has 1 aromatic carbocycles. The highest BCUT2D eigenvalue weighted by atomic mass is 16.1. The molecule has 0 bridgehead atoms. The summed E-state index contributed by atoms with van der Waals surface area (Å²) in [6.07, 6.45) is 6.94. The molecular formula is C16H20N4O. The van der Waals surface area contributed by atoms with E-state index >= 15 is 0 Å². The molecule has 5 nitrogen and oxygen atoms in total. The average molecular weight is 284 g/mol. The maximum absolute atomic E-state index is 11.7. The predicted molar refractivity (Wildman–Crippen MR) is 84.5 cm³/mol. The first-order valence-electron chi connectivity index (χ1n) is 6.95. The van der Waals surface area contributed by atoms with E-state index < -0.39 is 0 Å². The highest BCUT2D eigenvalue weighted by Gasteiger charge is 2.00. The van der Waals surface area contributed by atoms with Gasteiger partial charge in [0, 0.05) is 24.0 Å². The van der Waals surface area contributed by atoms with Crippen molar-refractivity contribution >= 4 is 17.7 Å². The first-order chi connectivity index (χ1) is 10.1. The number of carbonyl (C=O) groups is 1. The minimum atomic E-state index is -0.0873. The summed E-state index contributed by atoms with van der Waals surface area (Å²) in [6, 6.07) is 7.37. The molecular weight excluding hydrogens is 264 g/mol. The Balaban J connectivity index is 1.70. The second kappa shape index (κ2) is 7.28. The zero-order valence-electron chi connectivity index (χ0n) is 12.1. The van der Waals surface area contributed by atoms with Gasteiger partial charge in [0.1, 0.15) is 0 Å². The zero-order valence-corrected chi connectivity index (χ0v) is 12.1. The first kappa shape index (κ1) is 14.8. The van der Waals surface area contributed by atoms with E-state index in [1.165, 1.54) is 11.6 Å². The van der Waals surface area contributed by atoms with Crippen molar-refractivity contribution in [3.05, 3.63) is 53.4 Å². The van der Waals surface area contributed by atoms with Crippen LogP contribution in [0, 0.1) is 6.92 Å². The molecule has 2 aromatic rings. The SMILES string of the molecule is Cc1[nH]ncc1CCCNC(=O)/C=C/c1ccc(N)cc1. The molecule has 110 valence electrons. The van der Waals surface area contributed by atoms with Crippen LogP contribution in [0.2, 0.25) is 0 Å². The largest absolute Gasteiger partial charge is 0.399 e. The highest BCUT2D eigenvalue weighted by molar-refractivity contribution is 5.91. The van der Waals surface area contributed by atoms with Crippen LogP contribution in [0.15, 0.2) is 36.5 Å². The van der Waals surface area contributed by atoms with E-state index in [-0.39, 0.29) is 5.91 Å². The van der Waals surface area contributed by atoms with Gasteiger partial charge in [-0.15, -0.1) is 0 Å². The van der Waals surface area contributed by atoms with Gasteiger partial charge in [-0.25, -0.2) is 0 Å². The van der Waals surface area contributed by atoms with E-state index in [0.29, 0.717) is 12.2 Å². The molecule has 1 heterocycles. The first-order valence-corrected chi connectivity index (χ1v) is 6.95. The lowest BCUT2D eigenvalue weighted by Gasteiger charge is -2.02. The standard InChI is InChI=1S/C16H20N4O/c1-12-14(11-19-20-12)3-2-10-18-16(21)9-6-13-4-7-15(17)8-5-13/h4-9,11H,2-3,10,17H2,1H3,(H,18,21)(H,19,20)/b9-6+. The molecule has 2 rings (SSSR count). The monoisotopic (exact) mass is 284 g/mol. The van der Waals surface area contributed by atoms with Gasteiger partial charge in [-0.1, -0.05) is 12.1 Å². The number of hydrogen-bond acceptors (Lipinski definition) is 3. The third kappa shape index (κ3) is 4.80. The van der Waals surface area contributed by atoms with Crippen LogP contribution in [0.3, 0.4) is 0 Å². The molecule has 0 aliphatic heterocycles. The maximum atomic E-state index is 11.7. The summed E-state index contributed by atoms with van der Waals surface area (Å²) in [6.45, 7) is 2.64. The fourth-order valence-corrected chi connectivity index (χ4v) is 1.96. The normalized spacial score (nSPS) is 10.9. The fourth-order valence-electron chi connectivity index (χ4n) is 1.96. The van der Waals surface area contributed by atoms with Gasteiger partial charge in [-0.2, -0.15) is 5.10 Å². The number of hydrogen-bond donors (Lipinski definition) is 3. The lowest BCUT2D eigenvalue weighted by Crippen LogP contribution is -2.22. The van der Waals surface area contributed by atoms with Gasteiger partial charge in [0.2, 0.25) is 5.91 Å². The van der Waals surface area contributed by atoms with Gasteiger partial charge in [0.15, 0.2) is 0 Å². The van der Waals surface area contributed by atoms with Crippen LogP contribution in [0.5, 0.6) is 0 Å². The molecule has 0 atom stereocenters. The molecule has 0 aliphatic rings. The number of aromatic amines is 1. The number of aromatic nitrogens is 2. The Morgan fingerprint density at radius 1 is 1.38 bits per heavy atom. The second-order valence-corrected chi connectivity index (χ2v) is 4.91. The van der Waals surface area contributed by atoms with Gasteiger partial charge in [0.05, 0.1) is 6.20 Å². The third-order valence-electron chi connectivity index (χ3n) is 3.22. The van der Waals surface area contributed by atoms with Crippen LogP contribution >= 0.6 is 0 Å². The number of H-pyrrole nitrogens is 1. The highest BCUT2D eigenvalue weighted by Crippen LogP contribution is 2.07. The number of benzene rings is 1. The lowest BCUT2D eigenvalue weighted by molar-refractivity contribution is -0.116. The number of nitrogens with one attached hydrogen (secondary N) is 2. The molecule has 0 fully saturated rings. The summed E-state index contributed by atoms with van der Waals surface area (Å²) in [4.78, 5) is 11.7. The Kier molecular flexibility index (Phi) is 5.15. The van der Waals surface area contributed by atoms with Gasteiger partial charge in [0.25, 0.3) is 0 Å². The van der Waals surface area contributed by atoms with Crippen LogP contribution in [-0.4, -0.2) is 22.6 Å². The zero-order chi connectivity index (χ0) is 15.1. The van der Waals surface area contributed by atoms with E-state index in [1.54, 1.807) is 6.08 Å². The molecule has 0 unspecified atom stereocenters. The van der Waals surface area contributed by atoms with Crippen molar-refractivity contribution in [2.24, 2.45) is 0 Å². The van der Waals surface area contributed by atoms with Gasteiger partial charge < -0.3 is 11.1 Å². The molecule has 21 heavy (non-hydrogen) atoms. The number of nitrogens with two attached hydrogens (primary N) is 1. The lowest BCUT2D eigenvalue weighted by atomic mass is 10.1. The quantitative estimate of drug-likeness (QED) is 0.431. The van der Waals surface area contributed by atoms with Gasteiger partial charge >= 0.3 is 0 Å². The van der Waals surface area contributed by atoms with E-state index in [9.17, 15) is 4.79 Å². The summed E-state index contributed by atoms with van der Waals surface area (Å²) >= 11 is 0. The fraction of sp³-hybridized carbons (Fsp3) is 0.250. The smallest absolute Gasteiger partial charge is 0.243 e. The number of aryl methyl sites for hydroxylation is 2. The minimum absolute atomic E-state index is 0.0873. The molecule has 0 radical (unpaired) electrons. The number of rotatable bonds is 6. The van der Waals surface area contributed by atoms with Crippen molar-refractivity contribution in [1.82, 2.24) is 15.5 Å². The topological polar surface area (TPSA) is 83.8 Å². The minimum Gasteiger partial charge on any atom is -0.399 e. The molecule has 1 amide bonds. The number of anilines is 1. The van der Waals surface area contributed by atoms with E-state index in [1.807, 2.05) is 37.4 Å². The molecule has 0 spiro atoms. The van der Waals surface area contributed by atoms with Gasteiger partial charge in [-0.05, 0) is 49.1 Å². The Hall–Kier alpha value is -2.56. The van der Waals surface area contributed by atoms with Crippen LogP contribution in [0.25, 0.3) is 6.08 Å². The van der Waals surface area contributed by atoms with E-state index in [4.69, 9.17) is 5.73 Å². The van der Waals surface area contributed by atoms with Crippen molar-refractivity contribution in [3.8, 4) is 0 Å². The number of amides is 1. The van der Waals surface area contributed by atoms with Crippen molar-refractivity contribution in [3.63, 3.8) is 0 Å². The Morgan fingerprint density at radius 2 is 2.14 bits per heavy atom. The van der Waals surface area contributed by atoms with Crippen molar-refractivity contribution in [1.29, 1.82) is 0 Å². The molecule has 5 heteroatoms. The number of nitrogens with zero attached hydrogens (tertiary/aromatic N) is 1. The van der Waals surface area contributed by atoms with Crippen molar-refractivity contribution < 1.29 is 4.79 Å². The Morgan fingerprint density at radius 3 is 2.81 bits per heavy atom. The molecule has 0 aliphatic carbocycles. The molecule has 1 aromatic heterocycles. The number of carbonyl (C=O) groups excluding carboxylic acids is 1. The summed E-state index contributed by atoms with van der Waals surface area (Å²) in [5.41, 5.74) is 9.55. The molecule has 0 saturated heterocycles. The summed E-state index contributed by atoms with van der Waals surface area (Å²) in [7, 11) is 0. The summed E-state index contributed by atoms with van der Waals surface area (Å²) in [5.74, 6) is -0.0873. The van der Waals surface area contributed by atoms with Crippen LogP contribution in [0.4, 0.5) is 5.69 Å². The van der Waals surface area contributed by atoms with Gasteiger partial charge in [-0.3, -0.25) is 9.89 Å². The van der Waals surface area contributed by atoms with E-state index in [2.05, 4.69) is 15.5 Å².